The molecule has 6 nitrogen and oxygen atoms in total. The summed E-state index contributed by atoms with van der Waals surface area (Å²) in [6.07, 6.45) is 8.25. The second kappa shape index (κ2) is 7.87. The van der Waals surface area contributed by atoms with E-state index in [2.05, 4.69) is 24.1 Å². The molecular weight excluding hydrogens is 402 g/mol. The van der Waals surface area contributed by atoms with E-state index >= 15 is 0 Å². The van der Waals surface area contributed by atoms with E-state index in [0.717, 1.165) is 17.1 Å². The third-order valence-electron chi connectivity index (χ3n) is 6.90. The number of hydrogen-bond acceptors (Lipinski definition) is 7. The monoisotopic (exact) mass is 429 g/mol. The molecule has 0 bridgehead atoms. The second-order valence-corrected chi connectivity index (χ2v) is 9.45. The lowest BCUT2D eigenvalue weighted by Crippen LogP contribution is -2.43. The molecule has 1 aromatic heterocycles. The highest BCUT2D eigenvalue weighted by Crippen LogP contribution is 2.60. The normalized spacial score (nSPS) is 33.4. The molecule has 1 N–H and O–H groups in total. The van der Waals surface area contributed by atoms with Crippen LogP contribution in [0.2, 0.25) is 0 Å². The molecule has 0 radical (unpaired) electrons. The van der Waals surface area contributed by atoms with Crippen molar-refractivity contribution in [1.29, 1.82) is 0 Å². The smallest absolute Gasteiger partial charge is 0.312 e. The second-order valence-electron chi connectivity index (χ2n) is 8.47. The topological polar surface area (TPSA) is 68.2 Å². The number of aliphatic hydroxyl groups is 1. The third kappa shape index (κ3) is 3.49. The zero-order valence-electron chi connectivity index (χ0n) is 17.2. The summed E-state index contributed by atoms with van der Waals surface area (Å²) in [5, 5.41) is 12.4. The van der Waals surface area contributed by atoms with Crippen molar-refractivity contribution >= 4 is 17.3 Å². The van der Waals surface area contributed by atoms with E-state index in [-0.39, 0.29) is 18.1 Å². The Morgan fingerprint density at radius 3 is 3.00 bits per heavy atom. The molecule has 6 atom stereocenters. The number of esters is 1. The number of fused-ring (bicyclic) bond motifs is 1. The van der Waals surface area contributed by atoms with E-state index in [4.69, 9.17) is 14.2 Å². The van der Waals surface area contributed by atoms with Crippen LogP contribution >= 0.6 is 11.3 Å². The van der Waals surface area contributed by atoms with Crippen LogP contribution in [0.5, 0.6) is 0 Å². The lowest BCUT2D eigenvalue weighted by Gasteiger charge is -2.35. The number of rotatable bonds is 6. The first-order chi connectivity index (χ1) is 14.6. The predicted octanol–water partition coefficient (Wildman–Crippen LogP) is 3.73. The number of aliphatic hydroxyl groups excluding tert-OH is 1. The van der Waals surface area contributed by atoms with Crippen LogP contribution in [0, 0.1) is 17.8 Å². The first-order valence-corrected chi connectivity index (χ1v) is 11.4. The van der Waals surface area contributed by atoms with Crippen molar-refractivity contribution in [3.8, 4) is 0 Å². The van der Waals surface area contributed by atoms with Crippen LogP contribution in [0.3, 0.4) is 0 Å². The molecule has 0 amide bonds. The van der Waals surface area contributed by atoms with E-state index in [1.165, 1.54) is 17.8 Å². The van der Waals surface area contributed by atoms with Crippen LogP contribution in [-0.2, 0) is 19.0 Å². The first-order valence-electron chi connectivity index (χ1n) is 10.5. The van der Waals surface area contributed by atoms with Gasteiger partial charge in [0, 0.05) is 24.4 Å². The van der Waals surface area contributed by atoms with Gasteiger partial charge in [0.1, 0.15) is 11.5 Å². The van der Waals surface area contributed by atoms with Crippen molar-refractivity contribution in [2.45, 2.75) is 44.1 Å². The molecule has 1 aliphatic heterocycles. The molecule has 1 saturated carbocycles. The number of carbonyl (C=O) groups excluding carboxylic acids is 1. The fourth-order valence-electron chi connectivity index (χ4n) is 5.35. The summed E-state index contributed by atoms with van der Waals surface area (Å²) in [5.41, 5.74) is 0. The maximum absolute atomic E-state index is 12.4. The Labute approximate surface area is 180 Å². The van der Waals surface area contributed by atoms with Crippen LogP contribution in [0.15, 0.2) is 53.0 Å². The van der Waals surface area contributed by atoms with Gasteiger partial charge in [0.15, 0.2) is 5.76 Å². The van der Waals surface area contributed by atoms with Crippen molar-refractivity contribution in [3.05, 3.63) is 57.9 Å². The minimum atomic E-state index is -1.02. The van der Waals surface area contributed by atoms with Crippen molar-refractivity contribution in [1.82, 2.24) is 4.90 Å². The Morgan fingerprint density at radius 2 is 2.23 bits per heavy atom. The number of ether oxygens (including phenoxy) is 3. The molecule has 0 spiro atoms. The Balaban J connectivity index is 1.32. The average molecular weight is 430 g/mol. The summed E-state index contributed by atoms with van der Waals surface area (Å²) in [7, 11) is 3.69. The fourth-order valence-corrected chi connectivity index (χ4v) is 5.98. The number of likely N-dealkylation sites (N-methyl/N-ethyl adjacent to an activating group) is 1. The first kappa shape index (κ1) is 19.8. The van der Waals surface area contributed by atoms with Gasteiger partial charge in [-0.1, -0.05) is 12.1 Å². The van der Waals surface area contributed by atoms with Gasteiger partial charge in [0.2, 0.25) is 6.29 Å². The quantitative estimate of drug-likeness (QED) is 0.549. The highest BCUT2D eigenvalue weighted by molar-refractivity contribution is 7.10. The number of thiophene rings is 1. The molecule has 1 aromatic rings. The van der Waals surface area contributed by atoms with Gasteiger partial charge < -0.3 is 19.3 Å². The van der Waals surface area contributed by atoms with Gasteiger partial charge in [-0.2, -0.15) is 0 Å². The lowest BCUT2D eigenvalue weighted by molar-refractivity contribution is -0.140. The Bertz CT molecular complexity index is 905. The summed E-state index contributed by atoms with van der Waals surface area (Å²) in [6, 6.07) is 3.93. The van der Waals surface area contributed by atoms with E-state index in [9.17, 15) is 9.90 Å². The van der Waals surface area contributed by atoms with Crippen LogP contribution in [0.1, 0.15) is 36.9 Å². The van der Waals surface area contributed by atoms with Crippen molar-refractivity contribution < 1.29 is 24.1 Å². The standard InChI is InChI=1S/C23H27NO5S/c1-24(15-12-20(25)28-17-6-3-5-14-21(15)22(14)17)13-8-9-16(27-2)18(11-13)29-23(26)19-7-4-10-30-19/h4,6-10,13-15,21-23,26H,3,5,11-12H2,1-2H3. The maximum Gasteiger partial charge on any atom is 0.312 e. The molecule has 30 heavy (non-hydrogen) atoms. The molecule has 3 aliphatic carbocycles. The Morgan fingerprint density at radius 1 is 1.37 bits per heavy atom. The SMILES string of the molecule is COC1=C(OC(O)c2cccs2)CC(N(C)C2CC(=O)OC3=CCCC4C3C42)C=C1. The molecule has 6 unspecified atom stereocenters. The summed E-state index contributed by atoms with van der Waals surface area (Å²) in [6.45, 7) is 0. The molecule has 160 valence electrons. The molecule has 0 aromatic carbocycles. The van der Waals surface area contributed by atoms with Crippen molar-refractivity contribution in [3.63, 3.8) is 0 Å². The molecule has 7 heteroatoms. The summed E-state index contributed by atoms with van der Waals surface area (Å²) in [4.78, 5) is 15.4. The molecule has 4 aliphatic rings. The van der Waals surface area contributed by atoms with Crippen molar-refractivity contribution in [2.75, 3.05) is 14.2 Å². The largest absolute Gasteiger partial charge is 0.493 e. The molecule has 2 heterocycles. The van der Waals surface area contributed by atoms with Gasteiger partial charge in [0.25, 0.3) is 0 Å². The number of nitrogens with zero attached hydrogens (tertiary/aromatic N) is 1. The Kier molecular flexibility index (Phi) is 5.21. The van der Waals surface area contributed by atoms with Gasteiger partial charge >= 0.3 is 5.97 Å². The number of hydrogen-bond donors (Lipinski definition) is 1. The summed E-state index contributed by atoms with van der Waals surface area (Å²) >= 11 is 1.45. The van der Waals surface area contributed by atoms with Crippen LogP contribution in [0.4, 0.5) is 0 Å². The highest BCUT2D eigenvalue weighted by Gasteiger charge is 2.60. The summed E-state index contributed by atoms with van der Waals surface area (Å²) in [5.74, 6) is 3.51. The fraction of sp³-hybridized carbons (Fsp3) is 0.522. The number of methoxy groups -OCH3 is 1. The maximum atomic E-state index is 12.4. The summed E-state index contributed by atoms with van der Waals surface area (Å²) < 4.78 is 17.0. The molecule has 5 rings (SSSR count). The Hall–Kier alpha value is -2.09. The number of carbonyl (C=O) groups is 1. The van der Waals surface area contributed by atoms with Gasteiger partial charge in [-0.05, 0) is 55.3 Å². The van der Waals surface area contributed by atoms with Crippen LogP contribution < -0.4 is 0 Å². The molecule has 1 saturated heterocycles. The van der Waals surface area contributed by atoms with Crippen molar-refractivity contribution in [2.24, 2.45) is 17.8 Å². The van der Waals surface area contributed by atoms with E-state index in [1.807, 2.05) is 23.6 Å². The van der Waals surface area contributed by atoms with Gasteiger partial charge in [0.05, 0.1) is 18.4 Å². The zero-order valence-corrected chi connectivity index (χ0v) is 18.0. The minimum Gasteiger partial charge on any atom is -0.493 e. The van der Waals surface area contributed by atoms with Gasteiger partial charge in [-0.25, -0.2) is 0 Å². The number of allylic oxidation sites excluding steroid dienone is 3. The zero-order chi connectivity index (χ0) is 20.8. The average Bonchev–Trinajstić information content (AvgIpc) is 3.26. The molecular formula is C23H27NO5S. The highest BCUT2D eigenvalue weighted by atomic mass is 32.1. The van der Waals surface area contributed by atoms with E-state index in [0.29, 0.717) is 42.1 Å². The van der Waals surface area contributed by atoms with E-state index in [1.54, 1.807) is 7.11 Å². The van der Waals surface area contributed by atoms with Gasteiger partial charge in [-0.15, -0.1) is 11.3 Å². The minimum absolute atomic E-state index is 0.0559. The van der Waals surface area contributed by atoms with E-state index < -0.39 is 6.29 Å². The molecule has 2 fully saturated rings. The van der Waals surface area contributed by atoms with Crippen LogP contribution in [-0.4, -0.2) is 42.2 Å². The lowest BCUT2D eigenvalue weighted by atomic mass is 9.98. The predicted molar refractivity (Wildman–Crippen MR) is 112 cm³/mol. The van der Waals surface area contributed by atoms with Gasteiger partial charge in [-0.3, -0.25) is 9.69 Å². The third-order valence-corrected chi connectivity index (χ3v) is 7.80. The van der Waals surface area contributed by atoms with Crippen LogP contribution in [0.25, 0.3) is 0 Å².